The summed E-state index contributed by atoms with van der Waals surface area (Å²) in [5, 5.41) is 19.2. The predicted octanol–water partition coefficient (Wildman–Crippen LogP) is 4.51. The molecule has 0 saturated heterocycles. The first-order valence-corrected chi connectivity index (χ1v) is 9.73. The number of hydrogen-bond donors (Lipinski definition) is 2. The molecule has 0 radical (unpaired) electrons. The number of aliphatic hydroxyl groups excluding tert-OH is 1. The molecule has 142 valence electrons. The van der Waals surface area contributed by atoms with E-state index in [0.717, 1.165) is 16.9 Å². The van der Waals surface area contributed by atoms with Crippen molar-refractivity contribution >= 4 is 17.5 Å². The third kappa shape index (κ3) is 5.31. The summed E-state index contributed by atoms with van der Waals surface area (Å²) in [6.07, 6.45) is -0.903. The highest BCUT2D eigenvalue weighted by Gasteiger charge is 2.41. The van der Waals surface area contributed by atoms with E-state index in [2.05, 4.69) is 16.6 Å². The molecule has 1 aromatic heterocycles. The predicted molar refractivity (Wildman–Crippen MR) is 102 cm³/mol. The number of rotatable bonds is 5. The van der Waals surface area contributed by atoms with Gasteiger partial charge in [0, 0.05) is 22.8 Å². The van der Waals surface area contributed by atoms with Crippen LogP contribution in [0.4, 0.5) is 9.18 Å². The Kier molecular flexibility index (Phi) is 6.49. The molecule has 3 rings (SSSR count). The first-order chi connectivity index (χ1) is 13.0. The number of aryl methyl sites for hydroxylation is 1. The minimum Gasteiger partial charge on any atom is -0.449 e. The van der Waals surface area contributed by atoms with Crippen LogP contribution in [0, 0.1) is 23.7 Å². The lowest BCUT2D eigenvalue weighted by molar-refractivity contribution is 0.144. The molecule has 6 heteroatoms. The second kappa shape index (κ2) is 9.03. The number of halogens is 1. The van der Waals surface area contributed by atoms with E-state index in [0.29, 0.717) is 17.9 Å². The normalized spacial score (nSPS) is 24.2. The summed E-state index contributed by atoms with van der Waals surface area (Å²) in [5.41, 5.74) is 0.857. The minimum absolute atomic E-state index is 0.133. The van der Waals surface area contributed by atoms with Gasteiger partial charge in [0.2, 0.25) is 0 Å². The standard InChI is InChI=1S/C21H21FO4S/c22-18-13-19(23)17(11-9-14-5-2-1-3-6-14)16(18)8-4-7-15-10-12-20(27-15)26-21(24)25/h1-3,5-6,10,12,16-19,23H,4,7-8,13H2,(H,24,25)/t16-,17-,18-,19-/m1/s1. The molecule has 27 heavy (non-hydrogen) atoms. The molecular formula is C21H21FO4S. The highest BCUT2D eigenvalue weighted by Crippen LogP contribution is 2.38. The fourth-order valence-corrected chi connectivity index (χ4v) is 4.35. The average Bonchev–Trinajstić information content (AvgIpc) is 3.18. The van der Waals surface area contributed by atoms with Gasteiger partial charge >= 0.3 is 6.16 Å². The summed E-state index contributed by atoms with van der Waals surface area (Å²) >= 11 is 1.28. The summed E-state index contributed by atoms with van der Waals surface area (Å²) in [7, 11) is 0. The fraction of sp³-hybridized carbons (Fsp3) is 0.381. The molecule has 0 amide bonds. The molecule has 0 bridgehead atoms. The highest BCUT2D eigenvalue weighted by atomic mass is 32.1. The Bertz CT molecular complexity index is 823. The number of ether oxygens (including phenoxy) is 1. The van der Waals surface area contributed by atoms with E-state index < -0.39 is 18.4 Å². The lowest BCUT2D eigenvalue weighted by Crippen LogP contribution is -2.19. The number of thiophene rings is 1. The van der Waals surface area contributed by atoms with Gasteiger partial charge in [-0.25, -0.2) is 9.18 Å². The van der Waals surface area contributed by atoms with Gasteiger partial charge in [0.1, 0.15) is 6.17 Å². The van der Waals surface area contributed by atoms with E-state index in [9.17, 15) is 14.3 Å². The maximum Gasteiger partial charge on any atom is 0.512 e. The van der Waals surface area contributed by atoms with Gasteiger partial charge in [-0.15, -0.1) is 11.3 Å². The number of aliphatic hydroxyl groups is 1. The Balaban J connectivity index is 1.58. The molecule has 1 aliphatic carbocycles. The molecule has 4 atom stereocenters. The van der Waals surface area contributed by atoms with Gasteiger partial charge in [-0.2, -0.15) is 0 Å². The summed E-state index contributed by atoms with van der Waals surface area (Å²) in [6, 6.07) is 12.9. The molecule has 2 N–H and O–H groups in total. The van der Waals surface area contributed by atoms with E-state index in [4.69, 9.17) is 5.11 Å². The van der Waals surface area contributed by atoms with Crippen molar-refractivity contribution in [3.05, 3.63) is 52.9 Å². The molecule has 4 nitrogen and oxygen atoms in total. The largest absolute Gasteiger partial charge is 0.512 e. The van der Waals surface area contributed by atoms with E-state index in [1.54, 1.807) is 6.07 Å². The van der Waals surface area contributed by atoms with Crippen LogP contribution in [0.15, 0.2) is 42.5 Å². The fourth-order valence-electron chi connectivity index (χ4n) is 3.46. The van der Waals surface area contributed by atoms with Gasteiger partial charge in [-0.05, 0) is 43.5 Å². The van der Waals surface area contributed by atoms with Crippen molar-refractivity contribution in [3.8, 4) is 16.9 Å². The summed E-state index contributed by atoms with van der Waals surface area (Å²) < 4.78 is 19.0. The number of hydrogen-bond acceptors (Lipinski definition) is 4. The van der Waals surface area contributed by atoms with Crippen molar-refractivity contribution in [1.82, 2.24) is 0 Å². The summed E-state index contributed by atoms with van der Waals surface area (Å²) in [5.74, 6) is 5.48. The van der Waals surface area contributed by atoms with Crippen LogP contribution < -0.4 is 4.74 Å². The second-order valence-electron chi connectivity index (χ2n) is 6.62. The molecular weight excluding hydrogens is 367 g/mol. The Morgan fingerprint density at radius 3 is 2.78 bits per heavy atom. The Morgan fingerprint density at radius 1 is 1.26 bits per heavy atom. The van der Waals surface area contributed by atoms with Crippen molar-refractivity contribution in [2.75, 3.05) is 0 Å². The third-order valence-electron chi connectivity index (χ3n) is 4.75. The molecule has 1 aliphatic rings. The van der Waals surface area contributed by atoms with Crippen molar-refractivity contribution in [3.63, 3.8) is 0 Å². The maximum absolute atomic E-state index is 14.4. The number of carbonyl (C=O) groups is 1. The van der Waals surface area contributed by atoms with Gasteiger partial charge in [0.25, 0.3) is 0 Å². The number of benzene rings is 1. The number of alkyl halides is 1. The monoisotopic (exact) mass is 388 g/mol. The zero-order chi connectivity index (χ0) is 19.2. The average molecular weight is 388 g/mol. The van der Waals surface area contributed by atoms with Crippen LogP contribution in [0.1, 0.15) is 29.7 Å². The van der Waals surface area contributed by atoms with E-state index in [-0.39, 0.29) is 18.3 Å². The van der Waals surface area contributed by atoms with Crippen LogP contribution in [-0.2, 0) is 6.42 Å². The Labute approximate surface area is 161 Å². The van der Waals surface area contributed by atoms with E-state index >= 15 is 0 Å². The van der Waals surface area contributed by atoms with Gasteiger partial charge in [-0.3, -0.25) is 0 Å². The maximum atomic E-state index is 14.4. The number of carboxylic acid groups (broad SMARTS) is 1. The molecule has 0 unspecified atom stereocenters. The highest BCUT2D eigenvalue weighted by molar-refractivity contribution is 7.13. The lowest BCUT2D eigenvalue weighted by atomic mass is 9.89. The smallest absolute Gasteiger partial charge is 0.449 e. The summed E-state index contributed by atoms with van der Waals surface area (Å²) in [6.45, 7) is 0. The topological polar surface area (TPSA) is 66.8 Å². The van der Waals surface area contributed by atoms with E-state index in [1.807, 2.05) is 36.4 Å². The summed E-state index contributed by atoms with van der Waals surface area (Å²) in [4.78, 5) is 11.5. The third-order valence-corrected chi connectivity index (χ3v) is 5.77. The van der Waals surface area contributed by atoms with Crippen LogP contribution in [0.3, 0.4) is 0 Å². The van der Waals surface area contributed by atoms with Crippen molar-refractivity contribution in [1.29, 1.82) is 0 Å². The first kappa shape index (κ1) is 19.4. The van der Waals surface area contributed by atoms with Gasteiger partial charge in [-0.1, -0.05) is 30.0 Å². The molecule has 1 aromatic carbocycles. The van der Waals surface area contributed by atoms with E-state index in [1.165, 1.54) is 11.3 Å². The first-order valence-electron chi connectivity index (χ1n) is 8.91. The van der Waals surface area contributed by atoms with Gasteiger partial charge in [0.05, 0.1) is 12.0 Å². The molecule has 0 aliphatic heterocycles. The molecule has 1 fully saturated rings. The van der Waals surface area contributed by atoms with Crippen molar-refractivity contribution in [2.24, 2.45) is 11.8 Å². The molecule has 0 spiro atoms. The van der Waals surface area contributed by atoms with Gasteiger partial charge < -0.3 is 14.9 Å². The minimum atomic E-state index is -1.33. The van der Waals surface area contributed by atoms with Gasteiger partial charge in [0.15, 0.2) is 5.06 Å². The van der Waals surface area contributed by atoms with Crippen molar-refractivity contribution in [2.45, 2.75) is 38.0 Å². The Hall–Kier alpha value is -2.36. The lowest BCUT2D eigenvalue weighted by Gasteiger charge is -2.17. The molecule has 1 heterocycles. The SMILES string of the molecule is O=C(O)Oc1ccc(CCC[C@@H]2[C@@H](C#Cc3ccccc3)[C@H](O)C[C@H]2F)s1. The van der Waals surface area contributed by atoms with Crippen LogP contribution in [0.25, 0.3) is 0 Å². The van der Waals surface area contributed by atoms with Crippen LogP contribution in [0.2, 0.25) is 0 Å². The zero-order valence-electron chi connectivity index (χ0n) is 14.7. The molecule has 1 saturated carbocycles. The van der Waals surface area contributed by atoms with Crippen LogP contribution in [-0.4, -0.2) is 28.6 Å². The molecule has 2 aromatic rings. The quantitative estimate of drug-likeness (QED) is 0.584. The second-order valence-corrected chi connectivity index (χ2v) is 7.76. The Morgan fingerprint density at radius 2 is 2.04 bits per heavy atom. The van der Waals surface area contributed by atoms with Crippen molar-refractivity contribution < 1.29 is 24.1 Å². The zero-order valence-corrected chi connectivity index (χ0v) is 15.5. The van der Waals surface area contributed by atoms with Crippen LogP contribution in [0.5, 0.6) is 5.06 Å². The van der Waals surface area contributed by atoms with Crippen LogP contribution >= 0.6 is 11.3 Å².